The van der Waals surface area contributed by atoms with E-state index in [2.05, 4.69) is 20.3 Å². The van der Waals surface area contributed by atoms with E-state index in [0.29, 0.717) is 17.8 Å². The lowest BCUT2D eigenvalue weighted by Crippen LogP contribution is -2.54. The number of hydrogen-bond acceptors (Lipinski definition) is 6. The normalized spacial score (nSPS) is 25.8. The lowest BCUT2D eigenvalue weighted by Gasteiger charge is -2.39. The van der Waals surface area contributed by atoms with Crippen LogP contribution in [-0.2, 0) is 6.42 Å². The second kappa shape index (κ2) is 8.31. The third-order valence-electron chi connectivity index (χ3n) is 5.74. The maximum absolute atomic E-state index is 14.6. The number of alkyl halides is 2. The van der Waals surface area contributed by atoms with Gasteiger partial charge in [-0.15, -0.1) is 0 Å². The number of piperazine rings is 1. The Morgan fingerprint density at radius 2 is 2.07 bits per heavy atom. The number of rotatable bonds is 4. The summed E-state index contributed by atoms with van der Waals surface area (Å²) in [5.74, 6) is -1.23. The van der Waals surface area contributed by atoms with Gasteiger partial charge < -0.3 is 11.1 Å². The minimum Gasteiger partial charge on any atom is -0.383 e. The molecule has 1 aromatic heterocycles. The van der Waals surface area contributed by atoms with Crippen molar-refractivity contribution >= 4 is 12.0 Å². The van der Waals surface area contributed by atoms with Gasteiger partial charge in [0.25, 0.3) is 6.43 Å². The van der Waals surface area contributed by atoms with Crippen LogP contribution in [0.25, 0.3) is 0 Å². The molecular formula is C21H25F3N6. The largest absolute Gasteiger partial charge is 0.383 e. The smallest absolute Gasteiger partial charge is 0.266 e. The average molecular weight is 419 g/mol. The van der Waals surface area contributed by atoms with Gasteiger partial charge in [-0.2, -0.15) is 0 Å². The monoisotopic (exact) mass is 419 g/mol. The number of nitrogens with zero attached hydrogens (tertiary/aromatic N) is 4. The lowest BCUT2D eigenvalue weighted by atomic mass is 9.96. The molecule has 1 unspecified atom stereocenters. The summed E-state index contributed by atoms with van der Waals surface area (Å²) in [5.41, 5.74) is 6.74. The van der Waals surface area contributed by atoms with Crippen molar-refractivity contribution in [3.8, 4) is 0 Å². The molecule has 1 fully saturated rings. The van der Waals surface area contributed by atoms with Crippen LogP contribution in [0, 0.1) is 5.82 Å². The molecule has 0 saturated carbocycles. The summed E-state index contributed by atoms with van der Waals surface area (Å²) >= 11 is 0. The molecule has 2 aromatic rings. The summed E-state index contributed by atoms with van der Waals surface area (Å²) in [5, 5.41) is 3.30. The first-order valence-electron chi connectivity index (χ1n) is 10.5. The fraction of sp³-hybridized carbons (Fsp3) is 0.476. The highest BCUT2D eigenvalue weighted by Gasteiger charge is 2.30. The molecule has 0 radical (unpaired) electrons. The molecule has 0 spiro atoms. The van der Waals surface area contributed by atoms with Crippen molar-refractivity contribution in [2.24, 2.45) is 4.99 Å². The summed E-state index contributed by atoms with van der Waals surface area (Å²) in [6.07, 6.45) is -2.36. The van der Waals surface area contributed by atoms with Crippen LogP contribution in [-0.4, -0.2) is 52.9 Å². The number of nitrogens with two attached hydrogens (primary N) is 1. The Balaban J connectivity index is 1.67. The molecule has 2 aliphatic heterocycles. The van der Waals surface area contributed by atoms with E-state index >= 15 is 0 Å². The zero-order chi connectivity index (χ0) is 22.3. The van der Waals surface area contributed by atoms with Crippen LogP contribution in [0.3, 0.4) is 0 Å². The first-order valence-corrected chi connectivity index (χ1v) is 9.96. The Kier molecular flexibility index (Phi) is 5.39. The molecule has 30 heavy (non-hydrogen) atoms. The number of anilines is 1. The fourth-order valence-corrected chi connectivity index (χ4v) is 3.97. The molecule has 3 atom stereocenters. The standard InChI is InChI=1S/C21H25F3N6/c1-11-9-26-6-7-30(11)17-8-15-16(10-27-17)28-21(29-20(15)25)12(2)13-4-3-5-14(18(13)22)19(23)24/h3-5,10-12,17,19,26H,6-9H2,1-2H3,(H2,25,28,29)/t11-,12+,17?/m0/s1/i17D. The van der Waals surface area contributed by atoms with Gasteiger partial charge in [0.05, 0.1) is 12.6 Å². The van der Waals surface area contributed by atoms with Crippen LogP contribution in [0.2, 0.25) is 0 Å². The van der Waals surface area contributed by atoms with Crippen LogP contribution in [0.15, 0.2) is 23.2 Å². The summed E-state index contributed by atoms with van der Waals surface area (Å²) < 4.78 is 49.7. The van der Waals surface area contributed by atoms with E-state index in [1.54, 1.807) is 6.92 Å². The van der Waals surface area contributed by atoms with Crippen molar-refractivity contribution in [3.05, 3.63) is 52.2 Å². The van der Waals surface area contributed by atoms with Gasteiger partial charge in [0.1, 0.15) is 23.6 Å². The Labute approximate surface area is 174 Å². The maximum Gasteiger partial charge on any atom is 0.266 e. The summed E-state index contributed by atoms with van der Waals surface area (Å²) in [4.78, 5) is 15.3. The van der Waals surface area contributed by atoms with E-state index in [4.69, 9.17) is 7.10 Å². The van der Waals surface area contributed by atoms with E-state index in [9.17, 15) is 13.2 Å². The van der Waals surface area contributed by atoms with E-state index in [0.717, 1.165) is 19.2 Å². The number of fused-ring (bicyclic) bond motifs is 1. The molecule has 2 aliphatic rings. The minimum atomic E-state index is -2.91. The predicted octanol–water partition coefficient (Wildman–Crippen LogP) is 2.88. The predicted molar refractivity (Wildman–Crippen MR) is 109 cm³/mol. The van der Waals surface area contributed by atoms with E-state index in [1.807, 2.05) is 11.8 Å². The van der Waals surface area contributed by atoms with Crippen molar-refractivity contribution in [2.75, 3.05) is 25.4 Å². The summed E-state index contributed by atoms with van der Waals surface area (Å²) in [6, 6.07) is 4.04. The van der Waals surface area contributed by atoms with Crippen LogP contribution in [0.5, 0.6) is 0 Å². The molecule has 0 aliphatic carbocycles. The second-order valence-corrected chi connectivity index (χ2v) is 7.70. The molecule has 160 valence electrons. The number of nitrogen functional groups attached to an aromatic ring is 1. The van der Waals surface area contributed by atoms with Crippen LogP contribution in [0.1, 0.15) is 55.8 Å². The van der Waals surface area contributed by atoms with Crippen molar-refractivity contribution < 1.29 is 14.5 Å². The second-order valence-electron chi connectivity index (χ2n) is 7.70. The van der Waals surface area contributed by atoms with E-state index in [1.165, 1.54) is 18.3 Å². The number of halogens is 3. The lowest BCUT2D eigenvalue weighted by molar-refractivity contribution is 0.119. The van der Waals surface area contributed by atoms with Gasteiger partial charge in [0.2, 0.25) is 0 Å². The minimum absolute atomic E-state index is 0.0781. The topological polar surface area (TPSA) is 79.4 Å². The van der Waals surface area contributed by atoms with Crippen LogP contribution < -0.4 is 11.1 Å². The molecule has 3 heterocycles. The Bertz CT molecular complexity index is 1020. The van der Waals surface area contributed by atoms with Gasteiger partial charge in [-0.05, 0) is 12.5 Å². The summed E-state index contributed by atoms with van der Waals surface area (Å²) in [7, 11) is 0. The summed E-state index contributed by atoms with van der Waals surface area (Å²) in [6.45, 7) is 5.92. The number of hydrogen-bond donors (Lipinski definition) is 2. The van der Waals surface area contributed by atoms with Gasteiger partial charge >= 0.3 is 0 Å². The molecular weight excluding hydrogens is 393 g/mol. The number of aliphatic imine (C=N–C) groups is 1. The van der Waals surface area contributed by atoms with Crippen molar-refractivity contribution in [2.45, 2.75) is 44.8 Å². The average Bonchev–Trinajstić information content (AvgIpc) is 2.74. The molecule has 9 heteroatoms. The van der Waals surface area contributed by atoms with E-state index in [-0.39, 0.29) is 29.7 Å². The SMILES string of the molecule is [2H]C1(N2CCNC[C@@H]2C)Cc2c(N)nc([C@H](C)c3cccc(C(F)F)c3F)nc2C=N1. The molecule has 4 rings (SSSR count). The third kappa shape index (κ3) is 3.79. The first kappa shape index (κ1) is 19.4. The van der Waals surface area contributed by atoms with Gasteiger partial charge in [-0.3, -0.25) is 9.89 Å². The zero-order valence-corrected chi connectivity index (χ0v) is 16.9. The highest BCUT2D eigenvalue weighted by Crippen LogP contribution is 2.32. The van der Waals surface area contributed by atoms with Crippen molar-refractivity contribution in [3.63, 3.8) is 0 Å². The van der Waals surface area contributed by atoms with Crippen LogP contribution in [0.4, 0.5) is 19.0 Å². The molecule has 1 saturated heterocycles. The van der Waals surface area contributed by atoms with Crippen LogP contribution >= 0.6 is 0 Å². The Morgan fingerprint density at radius 1 is 1.30 bits per heavy atom. The number of nitrogens with one attached hydrogen (secondary N) is 1. The third-order valence-corrected chi connectivity index (χ3v) is 5.74. The Morgan fingerprint density at radius 3 is 2.80 bits per heavy atom. The molecule has 0 amide bonds. The highest BCUT2D eigenvalue weighted by molar-refractivity contribution is 5.82. The van der Waals surface area contributed by atoms with Gasteiger partial charge in [-0.1, -0.05) is 25.1 Å². The van der Waals surface area contributed by atoms with Gasteiger partial charge in [0.15, 0.2) is 0 Å². The molecule has 0 bridgehead atoms. The van der Waals surface area contributed by atoms with Crippen molar-refractivity contribution in [1.82, 2.24) is 20.2 Å². The fourth-order valence-electron chi connectivity index (χ4n) is 3.97. The van der Waals surface area contributed by atoms with Gasteiger partial charge in [0, 0.05) is 49.8 Å². The molecule has 3 N–H and O–H groups in total. The molecule has 6 nitrogen and oxygen atoms in total. The Hall–Kier alpha value is -2.52. The molecule has 1 aromatic carbocycles. The van der Waals surface area contributed by atoms with E-state index < -0.39 is 29.9 Å². The van der Waals surface area contributed by atoms with Gasteiger partial charge in [-0.25, -0.2) is 23.1 Å². The highest BCUT2D eigenvalue weighted by atomic mass is 19.3. The first-order chi connectivity index (χ1) is 14.7. The number of aromatic nitrogens is 2. The number of benzene rings is 1. The maximum atomic E-state index is 14.6. The quantitative estimate of drug-likeness (QED) is 0.797. The van der Waals surface area contributed by atoms with Crippen molar-refractivity contribution in [1.29, 1.82) is 0 Å². The zero-order valence-electron chi connectivity index (χ0n) is 17.9.